The Morgan fingerprint density at radius 3 is 2.85 bits per heavy atom. The summed E-state index contributed by atoms with van der Waals surface area (Å²) in [5, 5.41) is 14.0. The topological polar surface area (TPSA) is 38.0 Å². The Labute approximate surface area is 78.4 Å². The van der Waals surface area contributed by atoms with Crippen LogP contribution in [0.1, 0.15) is 37.3 Å². The SMILES string of the molecule is Cc1cnn([C@H]2CCCC[C@H]2O)c1. The van der Waals surface area contributed by atoms with Gasteiger partial charge in [-0.05, 0) is 25.3 Å². The van der Waals surface area contributed by atoms with Crippen molar-refractivity contribution in [2.24, 2.45) is 0 Å². The molecule has 0 saturated heterocycles. The van der Waals surface area contributed by atoms with E-state index in [1.807, 2.05) is 24.0 Å². The molecule has 0 amide bonds. The van der Waals surface area contributed by atoms with Crippen LogP contribution in [0.4, 0.5) is 0 Å². The number of nitrogens with zero attached hydrogens (tertiary/aromatic N) is 2. The zero-order valence-electron chi connectivity index (χ0n) is 7.98. The van der Waals surface area contributed by atoms with E-state index in [1.54, 1.807) is 0 Å². The second-order valence-corrected chi connectivity index (χ2v) is 3.92. The third-order valence-electron chi connectivity index (χ3n) is 2.76. The minimum Gasteiger partial charge on any atom is -0.391 e. The van der Waals surface area contributed by atoms with Crippen molar-refractivity contribution in [3.63, 3.8) is 0 Å². The van der Waals surface area contributed by atoms with Crippen LogP contribution in [0.25, 0.3) is 0 Å². The Morgan fingerprint density at radius 1 is 1.46 bits per heavy atom. The van der Waals surface area contributed by atoms with Crippen LogP contribution in [0.5, 0.6) is 0 Å². The largest absolute Gasteiger partial charge is 0.391 e. The van der Waals surface area contributed by atoms with Crippen LogP contribution in [0, 0.1) is 6.92 Å². The lowest BCUT2D eigenvalue weighted by Crippen LogP contribution is -2.27. The second kappa shape index (κ2) is 3.50. The summed E-state index contributed by atoms with van der Waals surface area (Å²) in [7, 11) is 0. The van der Waals surface area contributed by atoms with Crippen LogP contribution in [-0.2, 0) is 0 Å². The van der Waals surface area contributed by atoms with Crippen molar-refractivity contribution < 1.29 is 5.11 Å². The molecule has 3 nitrogen and oxygen atoms in total. The lowest BCUT2D eigenvalue weighted by molar-refractivity contribution is 0.0694. The van der Waals surface area contributed by atoms with E-state index in [2.05, 4.69) is 5.10 Å². The quantitative estimate of drug-likeness (QED) is 0.713. The molecule has 1 N–H and O–H groups in total. The first-order valence-electron chi connectivity index (χ1n) is 4.96. The molecule has 0 bridgehead atoms. The highest BCUT2D eigenvalue weighted by Gasteiger charge is 2.24. The van der Waals surface area contributed by atoms with Gasteiger partial charge in [-0.2, -0.15) is 5.10 Å². The van der Waals surface area contributed by atoms with E-state index in [0.29, 0.717) is 0 Å². The van der Waals surface area contributed by atoms with E-state index in [0.717, 1.165) is 24.8 Å². The molecule has 13 heavy (non-hydrogen) atoms. The van der Waals surface area contributed by atoms with Crippen molar-refractivity contribution in [3.05, 3.63) is 18.0 Å². The highest BCUT2D eigenvalue weighted by atomic mass is 16.3. The van der Waals surface area contributed by atoms with Crippen LogP contribution < -0.4 is 0 Å². The number of rotatable bonds is 1. The minimum atomic E-state index is -0.201. The number of aliphatic hydroxyl groups excluding tert-OH is 1. The highest BCUT2D eigenvalue weighted by molar-refractivity contribution is 5.01. The van der Waals surface area contributed by atoms with Crippen molar-refractivity contribution in [1.29, 1.82) is 0 Å². The third-order valence-corrected chi connectivity index (χ3v) is 2.76. The van der Waals surface area contributed by atoms with E-state index in [-0.39, 0.29) is 12.1 Å². The highest BCUT2D eigenvalue weighted by Crippen LogP contribution is 2.27. The summed E-state index contributed by atoms with van der Waals surface area (Å²) < 4.78 is 1.92. The Kier molecular flexibility index (Phi) is 2.36. The summed E-state index contributed by atoms with van der Waals surface area (Å²) in [5.74, 6) is 0. The summed E-state index contributed by atoms with van der Waals surface area (Å²) in [6, 6.07) is 0.211. The summed E-state index contributed by atoms with van der Waals surface area (Å²) in [6.07, 6.45) is 8.00. The first kappa shape index (κ1) is 8.75. The van der Waals surface area contributed by atoms with Gasteiger partial charge in [-0.1, -0.05) is 12.8 Å². The molecule has 0 spiro atoms. The third kappa shape index (κ3) is 1.75. The molecular formula is C10H16N2O. The average molecular weight is 180 g/mol. The molecule has 3 heteroatoms. The molecule has 2 rings (SSSR count). The number of aromatic nitrogens is 2. The molecule has 2 atom stereocenters. The predicted molar refractivity (Wildman–Crippen MR) is 50.5 cm³/mol. The van der Waals surface area contributed by atoms with Gasteiger partial charge in [-0.15, -0.1) is 0 Å². The molecule has 1 fully saturated rings. The van der Waals surface area contributed by atoms with Gasteiger partial charge in [0.1, 0.15) is 0 Å². The van der Waals surface area contributed by atoms with Crippen molar-refractivity contribution in [2.75, 3.05) is 0 Å². The average Bonchev–Trinajstić information content (AvgIpc) is 2.53. The summed E-state index contributed by atoms with van der Waals surface area (Å²) >= 11 is 0. The van der Waals surface area contributed by atoms with Gasteiger partial charge in [0.25, 0.3) is 0 Å². The Bertz CT molecular complexity index is 282. The molecule has 1 aromatic heterocycles. The van der Waals surface area contributed by atoms with Crippen LogP contribution in [0.3, 0.4) is 0 Å². The van der Waals surface area contributed by atoms with Gasteiger partial charge in [0.15, 0.2) is 0 Å². The molecule has 0 aliphatic heterocycles. The minimum absolute atomic E-state index is 0.201. The Balaban J connectivity index is 2.14. The van der Waals surface area contributed by atoms with E-state index >= 15 is 0 Å². The fourth-order valence-corrected chi connectivity index (χ4v) is 2.01. The van der Waals surface area contributed by atoms with Crippen LogP contribution in [-0.4, -0.2) is 21.0 Å². The van der Waals surface area contributed by atoms with Gasteiger partial charge in [0.2, 0.25) is 0 Å². The lowest BCUT2D eigenvalue weighted by atomic mass is 9.93. The van der Waals surface area contributed by atoms with E-state index in [1.165, 1.54) is 6.42 Å². The van der Waals surface area contributed by atoms with Crippen molar-refractivity contribution in [2.45, 2.75) is 44.8 Å². The monoisotopic (exact) mass is 180 g/mol. The van der Waals surface area contributed by atoms with Gasteiger partial charge in [0.05, 0.1) is 18.3 Å². The standard InChI is InChI=1S/C10H16N2O/c1-8-6-11-12(7-8)9-4-2-3-5-10(9)13/h6-7,9-10,13H,2-5H2,1H3/t9-,10+/m0/s1. The van der Waals surface area contributed by atoms with Gasteiger partial charge < -0.3 is 5.11 Å². The van der Waals surface area contributed by atoms with E-state index in [4.69, 9.17) is 0 Å². The molecule has 0 aromatic carbocycles. The fraction of sp³-hybridized carbons (Fsp3) is 0.700. The van der Waals surface area contributed by atoms with Crippen LogP contribution in [0.2, 0.25) is 0 Å². The van der Waals surface area contributed by atoms with Crippen molar-refractivity contribution in [1.82, 2.24) is 9.78 Å². The summed E-state index contributed by atoms with van der Waals surface area (Å²) in [4.78, 5) is 0. The van der Waals surface area contributed by atoms with Gasteiger partial charge in [-0.25, -0.2) is 0 Å². The molecule has 1 aliphatic carbocycles. The maximum absolute atomic E-state index is 9.77. The number of hydrogen-bond acceptors (Lipinski definition) is 2. The molecule has 1 aliphatic rings. The zero-order valence-corrected chi connectivity index (χ0v) is 7.98. The lowest BCUT2D eigenvalue weighted by Gasteiger charge is -2.27. The van der Waals surface area contributed by atoms with E-state index in [9.17, 15) is 5.11 Å². The zero-order chi connectivity index (χ0) is 9.26. The number of aliphatic hydroxyl groups is 1. The molecule has 0 unspecified atom stereocenters. The summed E-state index contributed by atoms with van der Waals surface area (Å²) in [6.45, 7) is 2.03. The Morgan fingerprint density at radius 2 is 2.23 bits per heavy atom. The van der Waals surface area contributed by atoms with Gasteiger partial charge >= 0.3 is 0 Å². The number of aryl methyl sites for hydroxylation is 1. The maximum atomic E-state index is 9.77. The van der Waals surface area contributed by atoms with Crippen molar-refractivity contribution in [3.8, 4) is 0 Å². The molecule has 1 heterocycles. The second-order valence-electron chi connectivity index (χ2n) is 3.92. The van der Waals surface area contributed by atoms with Crippen molar-refractivity contribution >= 4 is 0 Å². The molecular weight excluding hydrogens is 164 g/mol. The van der Waals surface area contributed by atoms with Gasteiger partial charge in [0, 0.05) is 6.20 Å². The number of hydrogen-bond donors (Lipinski definition) is 1. The maximum Gasteiger partial charge on any atom is 0.0778 e. The first-order chi connectivity index (χ1) is 6.27. The molecule has 0 radical (unpaired) electrons. The fourth-order valence-electron chi connectivity index (χ4n) is 2.01. The first-order valence-corrected chi connectivity index (χ1v) is 4.96. The van der Waals surface area contributed by atoms with Crippen LogP contribution in [0.15, 0.2) is 12.4 Å². The Hall–Kier alpha value is -0.830. The molecule has 72 valence electrons. The predicted octanol–water partition coefficient (Wildman–Crippen LogP) is 1.67. The normalized spacial score (nSPS) is 29.1. The van der Waals surface area contributed by atoms with Gasteiger partial charge in [-0.3, -0.25) is 4.68 Å². The summed E-state index contributed by atoms with van der Waals surface area (Å²) in [5.41, 5.74) is 1.16. The van der Waals surface area contributed by atoms with Crippen LogP contribution >= 0.6 is 0 Å². The molecule has 1 aromatic rings. The molecule has 1 saturated carbocycles. The van der Waals surface area contributed by atoms with E-state index < -0.39 is 0 Å². The smallest absolute Gasteiger partial charge is 0.0778 e.